The van der Waals surface area contributed by atoms with Crippen LogP contribution in [0.3, 0.4) is 0 Å². The Labute approximate surface area is 54.3 Å². The van der Waals surface area contributed by atoms with Crippen LogP contribution in [0, 0.1) is 0 Å². The van der Waals surface area contributed by atoms with E-state index in [1.54, 1.807) is 0 Å². The molecule has 0 rings (SSSR count). The van der Waals surface area contributed by atoms with E-state index in [0.717, 1.165) is 0 Å². The fourth-order valence-electron chi connectivity index (χ4n) is 0.265. The summed E-state index contributed by atoms with van der Waals surface area (Å²) >= 11 is 0. The average Bonchev–Trinajstić information content (AvgIpc) is 1.83. The van der Waals surface area contributed by atoms with Gasteiger partial charge in [-0.3, -0.25) is 4.79 Å². The maximum atomic E-state index is 11.8. The number of halogens is 4. The van der Waals surface area contributed by atoms with E-state index in [-0.39, 0.29) is 0 Å². The zero-order valence-electron chi connectivity index (χ0n) is 4.78. The third kappa shape index (κ3) is 2.16. The Kier molecular flexibility index (Phi) is 2.56. The fraction of sp³-hybridized carbons (Fsp3) is 0.400. The highest BCUT2D eigenvalue weighted by Gasteiger charge is 2.44. The molecule has 0 N–H and O–H groups in total. The zero-order chi connectivity index (χ0) is 8.36. The Balaban J connectivity index is 4.21. The molecule has 0 aliphatic carbocycles. The van der Waals surface area contributed by atoms with Crippen molar-refractivity contribution in [1.29, 1.82) is 0 Å². The van der Waals surface area contributed by atoms with E-state index in [9.17, 15) is 22.4 Å². The van der Waals surface area contributed by atoms with Crippen LogP contribution in [0.4, 0.5) is 17.6 Å². The second-order valence-electron chi connectivity index (χ2n) is 1.51. The van der Waals surface area contributed by atoms with Crippen molar-refractivity contribution in [3.63, 3.8) is 0 Å². The Hall–Kier alpha value is -0.870. The van der Waals surface area contributed by atoms with Crippen LogP contribution < -0.4 is 0 Å². The van der Waals surface area contributed by atoms with Crippen molar-refractivity contribution < 1.29 is 22.4 Å². The Bertz CT molecular complexity index is 148. The normalized spacial score (nSPS) is 14.4. The van der Waals surface area contributed by atoms with Crippen LogP contribution in [0.1, 0.15) is 0 Å². The van der Waals surface area contributed by atoms with Gasteiger partial charge >= 0.3 is 6.18 Å². The highest BCUT2D eigenvalue weighted by molar-refractivity contribution is 5.93. The van der Waals surface area contributed by atoms with Crippen LogP contribution in [0.2, 0.25) is 0 Å². The molecule has 0 aromatic heterocycles. The van der Waals surface area contributed by atoms with Crippen LogP contribution in [-0.4, -0.2) is 18.1 Å². The summed E-state index contributed by atoms with van der Waals surface area (Å²) in [6.07, 6.45) is -8.23. The van der Waals surface area contributed by atoms with E-state index in [0.29, 0.717) is 6.08 Å². The number of alkyl halides is 4. The van der Waals surface area contributed by atoms with Gasteiger partial charge in [0.15, 0.2) is 5.78 Å². The first-order chi connectivity index (χ1) is 4.39. The first-order valence-electron chi connectivity index (χ1n) is 2.26. The summed E-state index contributed by atoms with van der Waals surface area (Å²) < 4.78 is 45.5. The molecule has 0 heterocycles. The van der Waals surface area contributed by atoms with Crippen molar-refractivity contribution in [3.05, 3.63) is 12.7 Å². The van der Waals surface area contributed by atoms with Crippen molar-refractivity contribution >= 4 is 5.78 Å². The molecule has 0 saturated carbocycles. The van der Waals surface area contributed by atoms with Gasteiger partial charge in [-0.1, -0.05) is 6.58 Å². The van der Waals surface area contributed by atoms with E-state index >= 15 is 0 Å². The zero-order valence-corrected chi connectivity index (χ0v) is 4.78. The van der Waals surface area contributed by atoms with Gasteiger partial charge in [0.05, 0.1) is 0 Å². The van der Waals surface area contributed by atoms with Gasteiger partial charge < -0.3 is 0 Å². The molecule has 0 aromatic rings. The second-order valence-corrected chi connectivity index (χ2v) is 1.51. The van der Waals surface area contributed by atoms with Gasteiger partial charge in [-0.15, -0.1) is 0 Å². The number of rotatable bonds is 2. The largest absolute Gasteiger partial charge is 0.427 e. The lowest BCUT2D eigenvalue weighted by molar-refractivity contribution is -0.182. The summed E-state index contributed by atoms with van der Waals surface area (Å²) in [7, 11) is 0. The fourth-order valence-corrected chi connectivity index (χ4v) is 0.265. The molecule has 0 amide bonds. The van der Waals surface area contributed by atoms with Gasteiger partial charge in [0.1, 0.15) is 0 Å². The van der Waals surface area contributed by atoms with E-state index in [4.69, 9.17) is 0 Å². The predicted octanol–water partition coefficient (Wildman–Crippen LogP) is 1.64. The number of ketones is 1. The van der Waals surface area contributed by atoms with Crippen LogP contribution in [-0.2, 0) is 4.79 Å². The van der Waals surface area contributed by atoms with Gasteiger partial charge in [-0.05, 0) is 6.08 Å². The lowest BCUT2D eigenvalue weighted by atomic mass is 10.2. The van der Waals surface area contributed by atoms with Crippen molar-refractivity contribution in [3.8, 4) is 0 Å². The number of carbonyl (C=O) groups excluding carboxylic acids is 1. The first kappa shape index (κ1) is 9.13. The summed E-state index contributed by atoms with van der Waals surface area (Å²) in [6.45, 7) is 2.71. The molecule has 0 fully saturated rings. The summed E-state index contributed by atoms with van der Waals surface area (Å²) in [6, 6.07) is 0. The SMILES string of the molecule is C=CC(=O)C(F)C(F)(F)F. The second kappa shape index (κ2) is 2.81. The molecule has 0 saturated heterocycles. The maximum absolute atomic E-state index is 11.8. The first-order valence-corrected chi connectivity index (χ1v) is 2.26. The smallest absolute Gasteiger partial charge is 0.291 e. The molecule has 0 spiro atoms. The molecule has 0 aliphatic rings. The van der Waals surface area contributed by atoms with Crippen molar-refractivity contribution in [2.24, 2.45) is 0 Å². The standard InChI is InChI=1S/C5H4F4O/c1-2-3(10)4(6)5(7,8)9/h2,4H,1H2. The molecule has 0 aromatic carbocycles. The van der Waals surface area contributed by atoms with Crippen LogP contribution in [0.15, 0.2) is 12.7 Å². The summed E-state index contributed by atoms with van der Waals surface area (Å²) in [5.41, 5.74) is 0. The van der Waals surface area contributed by atoms with Gasteiger partial charge in [0.2, 0.25) is 0 Å². The Morgan fingerprint density at radius 2 is 1.90 bits per heavy atom. The number of hydrogen-bond donors (Lipinski definition) is 0. The monoisotopic (exact) mass is 156 g/mol. The number of allylic oxidation sites excluding steroid dienone is 1. The average molecular weight is 156 g/mol. The van der Waals surface area contributed by atoms with Crippen molar-refractivity contribution in [1.82, 2.24) is 0 Å². The molecular formula is C5H4F4O. The number of hydrogen-bond acceptors (Lipinski definition) is 1. The van der Waals surface area contributed by atoms with E-state index in [1.165, 1.54) is 0 Å². The summed E-state index contributed by atoms with van der Waals surface area (Å²) in [5.74, 6) is -1.66. The lowest BCUT2D eigenvalue weighted by Gasteiger charge is -2.07. The molecule has 0 radical (unpaired) electrons. The molecule has 0 bridgehead atoms. The summed E-state index contributed by atoms with van der Waals surface area (Å²) in [4.78, 5) is 9.95. The topological polar surface area (TPSA) is 17.1 Å². The Morgan fingerprint density at radius 3 is 2.00 bits per heavy atom. The highest BCUT2D eigenvalue weighted by Crippen LogP contribution is 2.23. The molecular weight excluding hydrogens is 152 g/mol. The van der Waals surface area contributed by atoms with Gasteiger partial charge in [0, 0.05) is 0 Å². The van der Waals surface area contributed by atoms with Gasteiger partial charge in [0.25, 0.3) is 6.17 Å². The van der Waals surface area contributed by atoms with E-state index in [1.807, 2.05) is 0 Å². The third-order valence-electron chi connectivity index (χ3n) is 0.738. The van der Waals surface area contributed by atoms with E-state index < -0.39 is 18.1 Å². The van der Waals surface area contributed by atoms with Crippen LogP contribution in [0.5, 0.6) is 0 Å². The van der Waals surface area contributed by atoms with Gasteiger partial charge in [-0.2, -0.15) is 13.2 Å². The van der Waals surface area contributed by atoms with Crippen molar-refractivity contribution in [2.75, 3.05) is 0 Å². The maximum Gasteiger partial charge on any atom is 0.427 e. The molecule has 1 unspecified atom stereocenters. The van der Waals surface area contributed by atoms with E-state index in [2.05, 4.69) is 6.58 Å². The third-order valence-corrected chi connectivity index (χ3v) is 0.738. The molecule has 0 aliphatic heterocycles. The predicted molar refractivity (Wildman–Crippen MR) is 26.2 cm³/mol. The van der Waals surface area contributed by atoms with Crippen LogP contribution >= 0.6 is 0 Å². The molecule has 1 atom stereocenters. The molecule has 1 nitrogen and oxygen atoms in total. The minimum Gasteiger partial charge on any atom is -0.291 e. The van der Waals surface area contributed by atoms with Gasteiger partial charge in [-0.25, -0.2) is 4.39 Å². The van der Waals surface area contributed by atoms with Crippen LogP contribution in [0.25, 0.3) is 0 Å². The minimum atomic E-state index is -5.11. The Morgan fingerprint density at radius 1 is 1.50 bits per heavy atom. The molecule has 10 heavy (non-hydrogen) atoms. The quantitative estimate of drug-likeness (QED) is 0.438. The summed E-state index contributed by atoms with van der Waals surface area (Å²) in [5, 5.41) is 0. The minimum absolute atomic E-state index is 0.304. The van der Waals surface area contributed by atoms with Crippen molar-refractivity contribution in [2.45, 2.75) is 12.3 Å². The highest BCUT2D eigenvalue weighted by atomic mass is 19.4. The number of carbonyl (C=O) groups is 1. The molecule has 5 heteroatoms. The lowest BCUT2D eigenvalue weighted by Crippen LogP contribution is -2.31. The molecule has 58 valence electrons.